The fourth-order valence-electron chi connectivity index (χ4n) is 15.4. The van der Waals surface area contributed by atoms with E-state index in [1.54, 1.807) is 0 Å². The van der Waals surface area contributed by atoms with E-state index in [0.29, 0.717) is 36.1 Å². The highest BCUT2D eigenvalue weighted by atomic mass is 32.1. The van der Waals surface area contributed by atoms with Crippen LogP contribution in [0.1, 0.15) is 255 Å². The van der Waals surface area contributed by atoms with Gasteiger partial charge in [-0.15, -0.1) is 34.0 Å². The average Bonchev–Trinajstić information content (AvgIpc) is 1.57. The number of fused-ring (bicyclic) bond motifs is 9. The molecule has 6 aromatic carbocycles. The Hall–Kier alpha value is -5.86. The Morgan fingerprint density at radius 3 is 1.11 bits per heavy atom. The van der Waals surface area contributed by atoms with Crippen molar-refractivity contribution in [1.29, 1.82) is 0 Å². The molecule has 0 radical (unpaired) electrons. The zero-order chi connectivity index (χ0) is 64.5. The highest BCUT2D eigenvalue weighted by molar-refractivity contribution is 7.27. The number of aryl methyl sites for hydroxylation is 2. The molecule has 0 bridgehead atoms. The summed E-state index contributed by atoms with van der Waals surface area (Å²) in [6.45, 7) is 14.9. The van der Waals surface area contributed by atoms with Crippen molar-refractivity contribution in [1.82, 2.24) is 0 Å². The normalized spacial score (nSPS) is 14.7. The zero-order valence-corrected chi connectivity index (χ0v) is 60.1. The first kappa shape index (κ1) is 68.5. The van der Waals surface area contributed by atoms with Crippen LogP contribution in [0.3, 0.4) is 0 Å². The lowest BCUT2D eigenvalue weighted by Crippen LogP contribution is -2.34. The number of nitrogens with zero attached hydrogens (tertiary/aromatic N) is 2. The first-order valence-electron chi connectivity index (χ1n) is 37.3. The van der Waals surface area contributed by atoms with Crippen LogP contribution < -0.4 is 9.80 Å². The highest BCUT2D eigenvalue weighted by Gasteiger charge is 2.43. The molecule has 93 heavy (non-hydrogen) atoms. The van der Waals surface area contributed by atoms with E-state index < -0.39 is 0 Å². The quantitative estimate of drug-likeness (QED) is 0.0285. The summed E-state index contributed by atoms with van der Waals surface area (Å²) in [5.41, 5.74) is 9.75. The predicted octanol–water partition coefficient (Wildman–Crippen LogP) is 27.5. The average molecular weight is 1300 g/mol. The number of hydrogen-bond acceptors (Lipinski definition) is 5. The van der Waals surface area contributed by atoms with Gasteiger partial charge in [-0.2, -0.15) is 0 Å². The van der Waals surface area contributed by atoms with Gasteiger partial charge in [0.2, 0.25) is 0 Å². The van der Waals surface area contributed by atoms with Gasteiger partial charge in [0, 0.05) is 63.9 Å². The van der Waals surface area contributed by atoms with E-state index in [1.165, 1.54) is 252 Å². The van der Waals surface area contributed by atoms with Gasteiger partial charge >= 0.3 is 0 Å². The van der Waals surface area contributed by atoms with Crippen LogP contribution in [0, 0.1) is 25.7 Å². The van der Waals surface area contributed by atoms with Crippen LogP contribution in [0.15, 0.2) is 121 Å². The minimum absolute atomic E-state index is 0.00163. The number of thiophene rings is 3. The van der Waals surface area contributed by atoms with Crippen molar-refractivity contribution in [3.8, 4) is 31.3 Å². The van der Waals surface area contributed by atoms with E-state index in [9.17, 15) is 0 Å². The topological polar surface area (TPSA) is 40.6 Å². The third-order valence-electron chi connectivity index (χ3n) is 20.8. The van der Waals surface area contributed by atoms with E-state index in [0.717, 1.165) is 59.3 Å². The van der Waals surface area contributed by atoms with Crippen LogP contribution in [0.25, 0.3) is 84.2 Å². The van der Waals surface area contributed by atoms with Crippen LogP contribution in [0.5, 0.6) is 0 Å². The largest absolute Gasteiger partial charge is 0.307 e. The molecular weight excluding hydrogens is 1190 g/mol. The lowest BCUT2D eigenvalue weighted by molar-refractivity contribution is -0.114. The van der Waals surface area contributed by atoms with Crippen molar-refractivity contribution in [3.63, 3.8) is 0 Å². The van der Waals surface area contributed by atoms with Crippen LogP contribution in [0.2, 0.25) is 0 Å². The molecule has 0 N–H and O–H groups in total. The van der Waals surface area contributed by atoms with Crippen LogP contribution in [0.4, 0.5) is 11.4 Å². The SMILES string of the molecule is CCCCCCCCCCC(CCCCCCCC)CN1C(=O)/C(=C2/C(=O)N(CC(CCCCCCCC)CCCCCCCCCC)c3cc(-c4ccc(-c5ccc6c(ccc7c8ccc9cc(C)ccc9c8sc67)c5)s4)ccc32)c2ccc(-c3ccc(C)s3)cc21. The van der Waals surface area contributed by atoms with Crippen LogP contribution in [-0.4, -0.2) is 24.9 Å². The van der Waals surface area contributed by atoms with Crippen molar-refractivity contribution in [2.24, 2.45) is 11.8 Å². The van der Waals surface area contributed by atoms with E-state index in [4.69, 9.17) is 0 Å². The highest BCUT2D eigenvalue weighted by Crippen LogP contribution is 2.51. The summed E-state index contributed by atoms with van der Waals surface area (Å²) in [5, 5.41) is 7.86. The number of hydrogen-bond donors (Lipinski definition) is 0. The fraction of sp³-hybridized carbons (Fsp3) is 0.488. The molecule has 0 fully saturated rings. The van der Waals surface area contributed by atoms with E-state index in [-0.39, 0.29) is 11.8 Å². The molecule has 11 rings (SSSR count). The molecule has 0 aliphatic carbocycles. The van der Waals surface area contributed by atoms with Crippen LogP contribution in [-0.2, 0) is 9.59 Å². The molecule has 9 aromatic rings. The van der Waals surface area contributed by atoms with Gasteiger partial charge in [0.25, 0.3) is 11.8 Å². The third kappa shape index (κ3) is 16.9. The van der Waals surface area contributed by atoms with Crippen molar-refractivity contribution in [3.05, 3.63) is 143 Å². The van der Waals surface area contributed by atoms with Gasteiger partial charge in [0.1, 0.15) is 0 Å². The summed E-state index contributed by atoms with van der Waals surface area (Å²) in [7, 11) is 0. The molecular formula is C86H108N2O2S3. The number of amides is 2. The first-order valence-corrected chi connectivity index (χ1v) is 39.7. The van der Waals surface area contributed by atoms with Gasteiger partial charge < -0.3 is 9.80 Å². The Bertz CT molecular complexity index is 3960. The Kier molecular flexibility index (Phi) is 25.2. The standard InChI is InChI=1S/C86H108N2O2S3/c1-7-11-15-19-23-25-29-33-37-63(35-31-27-21-17-13-9-3)59-87-76-57-68(78-52-40-62(6)91-78)44-50-74(76)81(85(87)89)82-75-51-45-69(58-77(75)88(86(82)90)60-64(36-32-28-22-18-14-10-4)38-34-30-26-24-20-16-12-8-2)80-54-53-79(92-80)67-43-47-71-66(56-67)42-49-73-72-48-41-65-55-61(5)39-46-70(65)83(72)93-84(71)73/h39-58,63-64H,7-38,59-60H2,1-6H3/b82-81+. The summed E-state index contributed by atoms with van der Waals surface area (Å²) < 4.78 is 2.71. The van der Waals surface area contributed by atoms with Gasteiger partial charge in [-0.05, 0) is 132 Å². The van der Waals surface area contributed by atoms with Gasteiger partial charge in [-0.25, -0.2) is 0 Å². The second-order valence-electron chi connectivity index (χ2n) is 28.1. The molecule has 0 saturated heterocycles. The van der Waals surface area contributed by atoms with Crippen molar-refractivity contribution in [2.45, 2.75) is 247 Å². The van der Waals surface area contributed by atoms with Gasteiger partial charge in [0.05, 0.1) is 22.5 Å². The van der Waals surface area contributed by atoms with Gasteiger partial charge in [-0.3, -0.25) is 9.59 Å². The molecule has 2 atom stereocenters. The van der Waals surface area contributed by atoms with E-state index in [2.05, 4.69) is 173 Å². The maximum absolute atomic E-state index is 16.2. The monoisotopic (exact) mass is 1300 g/mol. The molecule has 492 valence electrons. The summed E-state index contributed by atoms with van der Waals surface area (Å²) in [6.07, 6.45) is 40.4. The molecule has 2 aliphatic heterocycles. The van der Waals surface area contributed by atoms with Crippen molar-refractivity contribution < 1.29 is 9.59 Å². The molecule has 2 amide bonds. The van der Waals surface area contributed by atoms with Crippen molar-refractivity contribution >= 4 is 110 Å². The molecule has 2 aliphatic rings. The lowest BCUT2D eigenvalue weighted by Gasteiger charge is -2.25. The Morgan fingerprint density at radius 2 is 0.688 bits per heavy atom. The summed E-state index contributed by atoms with van der Waals surface area (Å²) in [6, 6.07) is 45.6. The number of carbonyl (C=O) groups is 2. The summed E-state index contributed by atoms with van der Waals surface area (Å²) in [5.74, 6) is 0.773. The third-order valence-corrected chi connectivity index (χ3v) is 24.3. The Balaban J connectivity index is 0.943. The molecule has 7 heteroatoms. The van der Waals surface area contributed by atoms with E-state index >= 15 is 9.59 Å². The zero-order valence-electron chi connectivity index (χ0n) is 57.7. The maximum Gasteiger partial charge on any atom is 0.259 e. The maximum atomic E-state index is 16.2. The minimum Gasteiger partial charge on any atom is -0.307 e. The minimum atomic E-state index is 0.00163. The van der Waals surface area contributed by atoms with Gasteiger partial charge in [0.15, 0.2) is 0 Å². The number of anilines is 2. The summed E-state index contributed by atoms with van der Waals surface area (Å²) >= 11 is 5.57. The molecule has 2 unspecified atom stereocenters. The number of carbonyl (C=O) groups excluding carboxylic acids is 2. The number of rotatable bonds is 39. The molecule has 3 aromatic heterocycles. The van der Waals surface area contributed by atoms with Crippen molar-refractivity contribution in [2.75, 3.05) is 22.9 Å². The Labute approximate surface area is 571 Å². The smallest absolute Gasteiger partial charge is 0.259 e. The van der Waals surface area contributed by atoms with E-state index in [1.807, 2.05) is 34.0 Å². The summed E-state index contributed by atoms with van der Waals surface area (Å²) in [4.78, 5) is 41.5. The van der Waals surface area contributed by atoms with Crippen LogP contribution >= 0.6 is 34.0 Å². The predicted molar refractivity (Wildman–Crippen MR) is 411 cm³/mol. The lowest BCUT2D eigenvalue weighted by atomic mass is 9.93. The molecule has 5 heterocycles. The fourth-order valence-corrected chi connectivity index (χ4v) is 18.6. The molecule has 0 spiro atoms. The molecule has 0 saturated carbocycles. The Morgan fingerprint density at radius 1 is 0.333 bits per heavy atom. The second kappa shape index (κ2) is 34.2. The first-order chi connectivity index (χ1) is 45.7. The number of unbranched alkanes of at least 4 members (excludes halogenated alkanes) is 24. The van der Waals surface area contributed by atoms with Gasteiger partial charge in [-0.1, -0.05) is 292 Å². The number of benzene rings is 6. The second-order valence-corrected chi connectivity index (χ2v) is 31.5. The molecule has 4 nitrogen and oxygen atoms in total.